The molecule has 0 aromatic carbocycles. The van der Waals surface area contributed by atoms with Crippen molar-refractivity contribution in [1.82, 2.24) is 0 Å². The molecule has 0 unspecified atom stereocenters. The molecule has 6 heteroatoms. The highest BCUT2D eigenvalue weighted by molar-refractivity contribution is 8.00. The molecule has 0 fully saturated rings. The molecule has 0 saturated carbocycles. The van der Waals surface area contributed by atoms with Gasteiger partial charge < -0.3 is 5.73 Å². The summed E-state index contributed by atoms with van der Waals surface area (Å²) in [5, 5.41) is -0.144. The van der Waals surface area contributed by atoms with Crippen LogP contribution >= 0.6 is 11.8 Å². The zero-order valence-electron chi connectivity index (χ0n) is 6.65. The summed E-state index contributed by atoms with van der Waals surface area (Å²) >= 11 is 1.61. The van der Waals surface area contributed by atoms with Crippen LogP contribution in [0.1, 0.15) is 6.92 Å². The largest absolute Gasteiger partial charge is 0.388 e. The average molecular weight is 206 g/mol. The predicted molar refractivity (Wildman–Crippen MR) is 51.6 cm³/mol. The van der Waals surface area contributed by atoms with Crippen molar-refractivity contribution in [3.63, 3.8) is 0 Å². The Morgan fingerprint density at radius 3 is 2.75 bits per heavy atom. The van der Waals surface area contributed by atoms with Gasteiger partial charge in [0.2, 0.25) is 0 Å². The summed E-state index contributed by atoms with van der Waals surface area (Å²) in [6.45, 7) is 2.00. The van der Waals surface area contributed by atoms with E-state index in [1.165, 1.54) is 6.08 Å². The van der Waals surface area contributed by atoms with Gasteiger partial charge in [-0.25, -0.2) is 0 Å². The fraction of sp³-hybridized carbons (Fsp3) is 0.500. The van der Waals surface area contributed by atoms with E-state index in [1.807, 2.05) is 6.92 Å². The zero-order chi connectivity index (χ0) is 9.19. The fourth-order valence-electron chi connectivity index (χ4n) is 0.747. The highest BCUT2D eigenvalue weighted by atomic mass is 32.2. The molecule has 4 nitrogen and oxygen atoms in total. The maximum Gasteiger partial charge on any atom is 0.297 e. The van der Waals surface area contributed by atoms with Gasteiger partial charge in [0, 0.05) is 5.75 Å². The van der Waals surface area contributed by atoms with Crippen molar-refractivity contribution >= 4 is 27.5 Å². The number of hydrogen-bond donors (Lipinski definition) is 1. The number of nitrogens with two attached hydrogens (primary N) is 1. The van der Waals surface area contributed by atoms with Crippen LogP contribution in [0.4, 0.5) is 0 Å². The summed E-state index contributed by atoms with van der Waals surface area (Å²) in [7, 11) is -3.49. The first-order chi connectivity index (χ1) is 5.56. The summed E-state index contributed by atoms with van der Waals surface area (Å²) in [4.78, 5) is 0. The van der Waals surface area contributed by atoms with Crippen LogP contribution in [-0.2, 0) is 10.0 Å². The Balaban J connectivity index is 2.73. The molecule has 0 saturated heterocycles. The number of sulfonamides is 1. The van der Waals surface area contributed by atoms with E-state index in [4.69, 9.17) is 5.73 Å². The molecule has 68 valence electrons. The number of thioether (sulfide) groups is 1. The van der Waals surface area contributed by atoms with Crippen molar-refractivity contribution in [1.29, 1.82) is 0 Å². The molecule has 0 spiro atoms. The molecule has 1 rings (SSSR count). The van der Waals surface area contributed by atoms with Crippen LogP contribution < -0.4 is 5.73 Å². The van der Waals surface area contributed by atoms with E-state index in [2.05, 4.69) is 4.40 Å². The van der Waals surface area contributed by atoms with Gasteiger partial charge in [0.25, 0.3) is 10.0 Å². The van der Waals surface area contributed by atoms with Gasteiger partial charge in [-0.05, 0) is 11.8 Å². The van der Waals surface area contributed by atoms with E-state index in [0.717, 1.165) is 5.75 Å². The molecular weight excluding hydrogens is 196 g/mol. The maximum absolute atomic E-state index is 10.9. The Hall–Kier alpha value is -0.490. The van der Waals surface area contributed by atoms with E-state index in [9.17, 15) is 8.42 Å². The third-order valence-corrected chi connectivity index (χ3v) is 3.39. The van der Waals surface area contributed by atoms with Gasteiger partial charge >= 0.3 is 0 Å². The third-order valence-electron chi connectivity index (χ3n) is 1.30. The highest BCUT2D eigenvalue weighted by Gasteiger charge is 2.20. The molecule has 0 aromatic heterocycles. The summed E-state index contributed by atoms with van der Waals surface area (Å²) in [6.07, 6.45) is 1.41. The molecule has 0 radical (unpaired) electrons. The third kappa shape index (κ3) is 2.01. The van der Waals surface area contributed by atoms with E-state index < -0.39 is 10.0 Å². The van der Waals surface area contributed by atoms with Crippen LogP contribution in [0.2, 0.25) is 0 Å². The molecule has 0 aromatic rings. The molecular formula is C6H10N2O2S2. The standard InChI is InChI=1S/C6H10N2O2S2/c1-2-11-4-5-3-6(7)12(9,10)8-5/h3H,2,4,7H2,1H3. The van der Waals surface area contributed by atoms with Gasteiger partial charge in [-0.15, -0.1) is 0 Å². The van der Waals surface area contributed by atoms with Crippen LogP contribution in [-0.4, -0.2) is 25.6 Å². The first kappa shape index (κ1) is 9.60. The van der Waals surface area contributed by atoms with Crippen molar-refractivity contribution in [3.05, 3.63) is 11.1 Å². The van der Waals surface area contributed by atoms with Gasteiger partial charge in [0.15, 0.2) is 5.03 Å². The second-order valence-electron chi connectivity index (χ2n) is 2.24. The number of rotatable bonds is 3. The molecule has 0 aliphatic carbocycles. The summed E-state index contributed by atoms with van der Waals surface area (Å²) in [6, 6.07) is 0. The molecule has 1 aliphatic rings. The van der Waals surface area contributed by atoms with Gasteiger partial charge in [-0.2, -0.15) is 24.6 Å². The fourth-order valence-corrected chi connectivity index (χ4v) is 2.21. The lowest BCUT2D eigenvalue weighted by Crippen LogP contribution is -2.04. The quantitative estimate of drug-likeness (QED) is 0.722. The van der Waals surface area contributed by atoms with E-state index in [1.54, 1.807) is 11.8 Å². The van der Waals surface area contributed by atoms with Crippen molar-refractivity contribution in [2.75, 3.05) is 11.5 Å². The monoisotopic (exact) mass is 206 g/mol. The minimum Gasteiger partial charge on any atom is -0.388 e. The molecule has 0 amide bonds. The van der Waals surface area contributed by atoms with Crippen LogP contribution in [0, 0.1) is 0 Å². The van der Waals surface area contributed by atoms with E-state index >= 15 is 0 Å². The summed E-state index contributed by atoms with van der Waals surface area (Å²) in [5.74, 6) is 1.54. The van der Waals surface area contributed by atoms with Crippen molar-refractivity contribution in [3.8, 4) is 0 Å². The van der Waals surface area contributed by atoms with Crippen molar-refractivity contribution < 1.29 is 8.42 Å². The number of hydrogen-bond acceptors (Lipinski definition) is 4. The van der Waals surface area contributed by atoms with Crippen LogP contribution in [0.3, 0.4) is 0 Å². The van der Waals surface area contributed by atoms with Gasteiger partial charge in [-0.1, -0.05) is 6.92 Å². The molecule has 1 heterocycles. The molecule has 1 aliphatic heterocycles. The first-order valence-electron chi connectivity index (χ1n) is 3.45. The second kappa shape index (κ2) is 3.49. The first-order valence-corrected chi connectivity index (χ1v) is 6.04. The van der Waals surface area contributed by atoms with Crippen LogP contribution in [0.25, 0.3) is 0 Å². The second-order valence-corrected chi connectivity index (χ2v) is 5.12. The van der Waals surface area contributed by atoms with Gasteiger partial charge in [-0.3, -0.25) is 0 Å². The Morgan fingerprint density at radius 2 is 2.33 bits per heavy atom. The molecule has 0 atom stereocenters. The van der Waals surface area contributed by atoms with Crippen LogP contribution in [0.15, 0.2) is 15.5 Å². The van der Waals surface area contributed by atoms with Crippen molar-refractivity contribution in [2.24, 2.45) is 10.1 Å². The summed E-state index contributed by atoms with van der Waals surface area (Å²) < 4.78 is 25.4. The Labute approximate surface area is 76.0 Å². The van der Waals surface area contributed by atoms with Gasteiger partial charge in [0.05, 0.1) is 5.71 Å². The summed E-state index contributed by atoms with van der Waals surface area (Å²) in [5.41, 5.74) is 5.77. The Morgan fingerprint density at radius 1 is 1.67 bits per heavy atom. The van der Waals surface area contributed by atoms with E-state index in [0.29, 0.717) is 11.5 Å². The van der Waals surface area contributed by atoms with E-state index in [-0.39, 0.29) is 5.03 Å². The van der Waals surface area contributed by atoms with Crippen molar-refractivity contribution in [2.45, 2.75) is 6.92 Å². The lowest BCUT2D eigenvalue weighted by molar-refractivity contribution is 0.604. The molecule has 0 bridgehead atoms. The minimum atomic E-state index is -3.49. The minimum absolute atomic E-state index is 0.144. The number of nitrogens with zero attached hydrogens (tertiary/aromatic N) is 1. The lowest BCUT2D eigenvalue weighted by atomic mass is 10.4. The Kier molecular flexibility index (Phi) is 2.79. The Bertz CT molecular complexity index is 329. The lowest BCUT2D eigenvalue weighted by Gasteiger charge is -1.91. The average Bonchev–Trinajstić information content (AvgIpc) is 2.22. The zero-order valence-corrected chi connectivity index (χ0v) is 8.28. The normalized spacial score (nSPS) is 20.4. The maximum atomic E-state index is 10.9. The number of allylic oxidation sites excluding steroid dienone is 1. The molecule has 2 N–H and O–H groups in total. The predicted octanol–water partition coefficient (Wildman–Crippen LogP) is 0.324. The highest BCUT2D eigenvalue weighted by Crippen LogP contribution is 2.14. The van der Waals surface area contributed by atoms with Crippen LogP contribution in [0.5, 0.6) is 0 Å². The molecule has 12 heavy (non-hydrogen) atoms. The SMILES string of the molecule is CCSCC1=NS(=O)(=O)C(N)=C1. The smallest absolute Gasteiger partial charge is 0.297 e. The topological polar surface area (TPSA) is 72.5 Å². The van der Waals surface area contributed by atoms with Gasteiger partial charge in [0.1, 0.15) is 0 Å².